The second kappa shape index (κ2) is 6.10. The molecule has 0 aliphatic heterocycles. The first-order valence-electron chi connectivity index (χ1n) is 7.72. The standard InChI is InChI=1S/C15H22N4O3/c16-15(22)10-7-17-14(19-12-5-13(12)21)6-11(10)18-8-2-1-3-9(20)4-8/h6-9,12-13,20-21H,1-5H2,(H2,16,22)(H2,17,18,19). The predicted molar refractivity (Wildman–Crippen MR) is 82.7 cm³/mol. The maximum Gasteiger partial charge on any atom is 0.252 e. The summed E-state index contributed by atoms with van der Waals surface area (Å²) < 4.78 is 0. The molecule has 4 unspecified atom stereocenters. The normalized spacial score (nSPS) is 30.6. The van der Waals surface area contributed by atoms with Crippen molar-refractivity contribution in [1.82, 2.24) is 4.98 Å². The zero-order chi connectivity index (χ0) is 15.7. The minimum absolute atomic E-state index is 0.0243. The average molecular weight is 306 g/mol. The molecule has 2 aliphatic rings. The monoisotopic (exact) mass is 306 g/mol. The van der Waals surface area contributed by atoms with Crippen LogP contribution in [0.25, 0.3) is 0 Å². The SMILES string of the molecule is NC(=O)c1cnc(NC2CC2O)cc1NC1CCCC(O)C1. The van der Waals surface area contributed by atoms with Gasteiger partial charge in [-0.1, -0.05) is 0 Å². The molecule has 6 N–H and O–H groups in total. The number of aromatic nitrogens is 1. The lowest BCUT2D eigenvalue weighted by atomic mass is 9.92. The van der Waals surface area contributed by atoms with Crippen LogP contribution in [-0.4, -0.2) is 45.4 Å². The first-order valence-corrected chi connectivity index (χ1v) is 7.72. The van der Waals surface area contributed by atoms with E-state index in [1.165, 1.54) is 6.20 Å². The van der Waals surface area contributed by atoms with Crippen molar-refractivity contribution < 1.29 is 15.0 Å². The third kappa shape index (κ3) is 3.48. The van der Waals surface area contributed by atoms with Gasteiger partial charge in [0.1, 0.15) is 5.82 Å². The summed E-state index contributed by atoms with van der Waals surface area (Å²) in [7, 11) is 0. The number of carbonyl (C=O) groups is 1. The third-order valence-corrected chi connectivity index (χ3v) is 4.27. The van der Waals surface area contributed by atoms with Crippen LogP contribution < -0.4 is 16.4 Å². The fourth-order valence-electron chi connectivity index (χ4n) is 2.89. The summed E-state index contributed by atoms with van der Waals surface area (Å²) in [5.74, 6) is 0.0646. The smallest absolute Gasteiger partial charge is 0.252 e. The quantitative estimate of drug-likeness (QED) is 0.538. The van der Waals surface area contributed by atoms with Gasteiger partial charge >= 0.3 is 0 Å². The van der Waals surface area contributed by atoms with Crippen molar-refractivity contribution in [2.45, 2.75) is 56.4 Å². The number of amides is 1. The van der Waals surface area contributed by atoms with Gasteiger partial charge < -0.3 is 26.6 Å². The molecule has 2 saturated carbocycles. The molecule has 0 aromatic carbocycles. The Hall–Kier alpha value is -1.86. The molecule has 7 heteroatoms. The highest BCUT2D eigenvalue weighted by Gasteiger charge is 2.35. The van der Waals surface area contributed by atoms with Crippen molar-refractivity contribution >= 4 is 17.4 Å². The molecular weight excluding hydrogens is 284 g/mol. The van der Waals surface area contributed by atoms with Crippen LogP contribution in [0.15, 0.2) is 12.3 Å². The van der Waals surface area contributed by atoms with E-state index in [0.717, 1.165) is 19.3 Å². The minimum atomic E-state index is -0.538. The fraction of sp³-hybridized carbons (Fsp3) is 0.600. The van der Waals surface area contributed by atoms with E-state index in [1.807, 2.05) is 0 Å². The van der Waals surface area contributed by atoms with Gasteiger partial charge in [-0.15, -0.1) is 0 Å². The lowest BCUT2D eigenvalue weighted by Crippen LogP contribution is -2.31. The van der Waals surface area contributed by atoms with Gasteiger partial charge in [-0.25, -0.2) is 4.98 Å². The van der Waals surface area contributed by atoms with E-state index in [4.69, 9.17) is 5.73 Å². The molecule has 3 rings (SSSR count). The molecule has 120 valence electrons. The highest BCUT2D eigenvalue weighted by molar-refractivity contribution is 5.98. The highest BCUT2D eigenvalue weighted by Crippen LogP contribution is 2.28. The van der Waals surface area contributed by atoms with Crippen LogP contribution >= 0.6 is 0 Å². The van der Waals surface area contributed by atoms with E-state index in [0.29, 0.717) is 29.9 Å². The zero-order valence-electron chi connectivity index (χ0n) is 12.3. The molecule has 7 nitrogen and oxygen atoms in total. The molecule has 1 aromatic heterocycles. The summed E-state index contributed by atoms with van der Waals surface area (Å²) in [5.41, 5.74) is 6.36. The summed E-state index contributed by atoms with van der Waals surface area (Å²) in [5, 5.41) is 25.6. The van der Waals surface area contributed by atoms with Crippen molar-refractivity contribution in [2.24, 2.45) is 5.73 Å². The van der Waals surface area contributed by atoms with Crippen LogP contribution in [0.4, 0.5) is 11.5 Å². The van der Waals surface area contributed by atoms with Crippen molar-refractivity contribution in [3.8, 4) is 0 Å². The molecule has 2 aliphatic carbocycles. The van der Waals surface area contributed by atoms with E-state index in [9.17, 15) is 15.0 Å². The average Bonchev–Trinajstić information content (AvgIpc) is 3.14. The van der Waals surface area contributed by atoms with Gasteiger partial charge in [0.25, 0.3) is 5.91 Å². The molecule has 1 heterocycles. The van der Waals surface area contributed by atoms with Gasteiger partial charge in [-0.05, 0) is 32.1 Å². The second-order valence-corrected chi connectivity index (χ2v) is 6.19. The van der Waals surface area contributed by atoms with Crippen LogP contribution in [0.3, 0.4) is 0 Å². The number of rotatable bonds is 5. The van der Waals surface area contributed by atoms with Crippen molar-refractivity contribution in [2.75, 3.05) is 10.6 Å². The number of anilines is 2. The van der Waals surface area contributed by atoms with E-state index in [2.05, 4.69) is 15.6 Å². The molecule has 2 fully saturated rings. The summed E-state index contributed by atoms with van der Waals surface area (Å²) in [6.07, 6.45) is 4.90. The number of aliphatic hydroxyl groups is 2. The highest BCUT2D eigenvalue weighted by atomic mass is 16.3. The molecule has 0 saturated heterocycles. The number of aliphatic hydroxyl groups excluding tert-OH is 2. The number of primary amides is 1. The van der Waals surface area contributed by atoms with Crippen LogP contribution in [0.2, 0.25) is 0 Å². The van der Waals surface area contributed by atoms with Gasteiger partial charge in [-0.2, -0.15) is 0 Å². The Morgan fingerprint density at radius 3 is 2.68 bits per heavy atom. The third-order valence-electron chi connectivity index (χ3n) is 4.27. The van der Waals surface area contributed by atoms with Crippen molar-refractivity contribution in [1.29, 1.82) is 0 Å². The maximum absolute atomic E-state index is 11.6. The Morgan fingerprint density at radius 2 is 2.05 bits per heavy atom. The Morgan fingerprint density at radius 1 is 1.27 bits per heavy atom. The summed E-state index contributed by atoms with van der Waals surface area (Å²) in [6.45, 7) is 0. The lowest BCUT2D eigenvalue weighted by molar-refractivity contribution is 0.100. The number of nitrogens with zero attached hydrogens (tertiary/aromatic N) is 1. The van der Waals surface area contributed by atoms with Gasteiger partial charge in [0.2, 0.25) is 0 Å². The van der Waals surface area contributed by atoms with Crippen LogP contribution in [0.5, 0.6) is 0 Å². The van der Waals surface area contributed by atoms with Crippen LogP contribution in [0.1, 0.15) is 42.5 Å². The van der Waals surface area contributed by atoms with Gasteiger partial charge in [-0.3, -0.25) is 4.79 Å². The van der Waals surface area contributed by atoms with Gasteiger partial charge in [0.05, 0.1) is 29.5 Å². The predicted octanol–water partition coefficient (Wildman–Crippen LogP) is 0.441. The summed E-state index contributed by atoms with van der Waals surface area (Å²) in [6, 6.07) is 1.88. The minimum Gasteiger partial charge on any atom is -0.393 e. The van der Waals surface area contributed by atoms with E-state index < -0.39 is 5.91 Å². The first kappa shape index (κ1) is 15.1. The first-order chi connectivity index (χ1) is 10.5. The number of pyridine rings is 1. The van der Waals surface area contributed by atoms with E-state index in [1.54, 1.807) is 6.07 Å². The molecule has 0 bridgehead atoms. The molecular formula is C15H22N4O3. The molecule has 0 radical (unpaired) electrons. The molecule has 4 atom stereocenters. The lowest BCUT2D eigenvalue weighted by Gasteiger charge is -2.28. The summed E-state index contributed by atoms with van der Waals surface area (Å²) >= 11 is 0. The maximum atomic E-state index is 11.6. The molecule has 22 heavy (non-hydrogen) atoms. The number of hydrogen-bond acceptors (Lipinski definition) is 6. The molecule has 0 spiro atoms. The largest absolute Gasteiger partial charge is 0.393 e. The van der Waals surface area contributed by atoms with Crippen LogP contribution in [0, 0.1) is 0 Å². The Balaban J connectivity index is 1.76. The van der Waals surface area contributed by atoms with Gasteiger partial charge in [0.15, 0.2) is 0 Å². The number of nitrogens with two attached hydrogens (primary N) is 1. The number of nitrogens with one attached hydrogen (secondary N) is 2. The number of carbonyl (C=O) groups excluding carboxylic acids is 1. The number of hydrogen-bond donors (Lipinski definition) is 5. The van der Waals surface area contributed by atoms with E-state index in [-0.39, 0.29) is 24.3 Å². The van der Waals surface area contributed by atoms with Crippen molar-refractivity contribution in [3.63, 3.8) is 0 Å². The zero-order valence-corrected chi connectivity index (χ0v) is 12.3. The van der Waals surface area contributed by atoms with Crippen LogP contribution in [-0.2, 0) is 0 Å². The van der Waals surface area contributed by atoms with Gasteiger partial charge in [0, 0.05) is 18.3 Å². The second-order valence-electron chi connectivity index (χ2n) is 6.19. The topological polar surface area (TPSA) is 121 Å². The molecule has 1 amide bonds. The van der Waals surface area contributed by atoms with E-state index >= 15 is 0 Å². The Kier molecular flexibility index (Phi) is 4.17. The fourth-order valence-corrected chi connectivity index (χ4v) is 2.89. The Bertz CT molecular complexity index is 566. The Labute approximate surface area is 128 Å². The van der Waals surface area contributed by atoms with Crippen molar-refractivity contribution in [3.05, 3.63) is 17.8 Å². The summed E-state index contributed by atoms with van der Waals surface area (Å²) in [4.78, 5) is 15.7. The molecule has 1 aromatic rings.